The number of carbonyl (C=O) groups excluding carboxylic acids is 1. The van der Waals surface area contributed by atoms with Crippen LogP contribution >= 0.6 is 0 Å². The van der Waals surface area contributed by atoms with E-state index in [9.17, 15) is 9.18 Å². The molecule has 1 atom stereocenters. The molecule has 2 rings (SSSR count). The second-order valence-corrected chi connectivity index (χ2v) is 6.31. The molecule has 1 unspecified atom stereocenters. The first-order chi connectivity index (χ1) is 10.5. The highest BCUT2D eigenvalue weighted by molar-refractivity contribution is 5.78. The number of amides is 1. The molecule has 0 saturated carbocycles. The lowest BCUT2D eigenvalue weighted by Crippen LogP contribution is -2.50. The molecule has 0 bridgehead atoms. The average Bonchev–Trinajstić information content (AvgIpc) is 2.48. The minimum absolute atomic E-state index is 0.0699. The van der Waals surface area contributed by atoms with Gasteiger partial charge in [-0.05, 0) is 25.0 Å². The molecule has 1 heterocycles. The molecule has 1 aliphatic rings. The third kappa shape index (κ3) is 4.44. The van der Waals surface area contributed by atoms with Gasteiger partial charge in [-0.15, -0.1) is 0 Å². The van der Waals surface area contributed by atoms with E-state index in [1.54, 1.807) is 6.07 Å². The normalized spacial score (nSPS) is 17.6. The van der Waals surface area contributed by atoms with Crippen molar-refractivity contribution in [3.8, 4) is 0 Å². The fourth-order valence-corrected chi connectivity index (χ4v) is 2.52. The summed E-state index contributed by atoms with van der Waals surface area (Å²) in [5.41, 5.74) is 0.653. The Balaban J connectivity index is 1.80. The van der Waals surface area contributed by atoms with Crippen LogP contribution in [0.2, 0.25) is 0 Å². The van der Waals surface area contributed by atoms with Crippen LogP contribution in [0.3, 0.4) is 0 Å². The molecule has 1 aliphatic heterocycles. The van der Waals surface area contributed by atoms with Gasteiger partial charge < -0.3 is 10.2 Å². The van der Waals surface area contributed by atoms with Gasteiger partial charge in [0.2, 0.25) is 5.91 Å². The lowest BCUT2D eigenvalue weighted by Gasteiger charge is -2.36. The van der Waals surface area contributed by atoms with Crippen LogP contribution in [0.4, 0.5) is 10.1 Å². The Bertz CT molecular complexity index is 498. The summed E-state index contributed by atoms with van der Waals surface area (Å²) in [5, 5.41) is 3.02. The fourth-order valence-electron chi connectivity index (χ4n) is 2.52. The number of hydrogen-bond acceptors (Lipinski definition) is 3. The topological polar surface area (TPSA) is 35.6 Å². The Labute approximate surface area is 132 Å². The number of nitrogens with zero attached hydrogens (tertiary/aromatic N) is 2. The number of piperazine rings is 1. The summed E-state index contributed by atoms with van der Waals surface area (Å²) in [4.78, 5) is 16.2. The molecule has 0 radical (unpaired) electrons. The van der Waals surface area contributed by atoms with E-state index in [0.717, 1.165) is 26.2 Å². The largest absolute Gasteiger partial charge is 0.367 e. The monoisotopic (exact) mass is 307 g/mol. The first-order valence-electron chi connectivity index (χ1n) is 7.98. The van der Waals surface area contributed by atoms with E-state index >= 15 is 0 Å². The first-order valence-corrected chi connectivity index (χ1v) is 7.98. The van der Waals surface area contributed by atoms with Crippen molar-refractivity contribution in [2.75, 3.05) is 37.6 Å². The number of halogens is 1. The average molecular weight is 307 g/mol. The summed E-state index contributed by atoms with van der Waals surface area (Å²) in [5.74, 6) is 0.321. The third-order valence-corrected chi connectivity index (χ3v) is 4.32. The highest BCUT2D eigenvalue weighted by atomic mass is 19.1. The van der Waals surface area contributed by atoms with Gasteiger partial charge in [0.05, 0.1) is 12.2 Å². The second kappa shape index (κ2) is 7.58. The Hall–Kier alpha value is -1.62. The summed E-state index contributed by atoms with van der Waals surface area (Å²) in [6.45, 7) is 9.68. The molecular weight excluding hydrogens is 281 g/mol. The second-order valence-electron chi connectivity index (χ2n) is 6.31. The van der Waals surface area contributed by atoms with E-state index in [-0.39, 0.29) is 17.8 Å². The van der Waals surface area contributed by atoms with Crippen molar-refractivity contribution < 1.29 is 9.18 Å². The standard InChI is InChI=1S/C17H26FN3O/c1-13(2)14(3)19-17(22)12-20-8-10-21(11-9-20)16-7-5-4-6-15(16)18/h4-7,13-14H,8-12H2,1-3H3,(H,19,22). The summed E-state index contributed by atoms with van der Waals surface area (Å²) in [6.07, 6.45) is 0. The molecule has 4 nitrogen and oxygen atoms in total. The van der Waals surface area contributed by atoms with Crippen molar-refractivity contribution in [3.63, 3.8) is 0 Å². The predicted molar refractivity (Wildman–Crippen MR) is 87.5 cm³/mol. The Morgan fingerprint density at radius 1 is 1.18 bits per heavy atom. The first kappa shape index (κ1) is 16.7. The number of nitrogens with one attached hydrogen (secondary N) is 1. The van der Waals surface area contributed by atoms with Gasteiger partial charge >= 0.3 is 0 Å². The van der Waals surface area contributed by atoms with Gasteiger partial charge in [0.1, 0.15) is 5.82 Å². The minimum atomic E-state index is -0.181. The maximum absolute atomic E-state index is 13.8. The lowest BCUT2D eigenvalue weighted by atomic mass is 10.1. The van der Waals surface area contributed by atoms with Crippen molar-refractivity contribution in [1.82, 2.24) is 10.2 Å². The molecular formula is C17H26FN3O. The van der Waals surface area contributed by atoms with E-state index in [2.05, 4.69) is 24.1 Å². The Morgan fingerprint density at radius 2 is 1.82 bits per heavy atom. The van der Waals surface area contributed by atoms with E-state index in [0.29, 0.717) is 18.2 Å². The fraction of sp³-hybridized carbons (Fsp3) is 0.588. The van der Waals surface area contributed by atoms with Crippen LogP contribution in [0, 0.1) is 11.7 Å². The van der Waals surface area contributed by atoms with Crippen LogP contribution < -0.4 is 10.2 Å². The number of anilines is 1. The van der Waals surface area contributed by atoms with Crippen LogP contribution in [-0.4, -0.2) is 49.6 Å². The van der Waals surface area contributed by atoms with E-state index in [1.165, 1.54) is 6.07 Å². The molecule has 1 aromatic rings. The van der Waals surface area contributed by atoms with Crippen molar-refractivity contribution >= 4 is 11.6 Å². The molecule has 1 saturated heterocycles. The molecule has 0 aromatic heterocycles. The van der Waals surface area contributed by atoms with Crippen LogP contribution in [0.25, 0.3) is 0 Å². The van der Waals surface area contributed by atoms with Gasteiger partial charge in [0.15, 0.2) is 0 Å². The SMILES string of the molecule is CC(C)C(C)NC(=O)CN1CCN(c2ccccc2F)CC1. The zero-order valence-corrected chi connectivity index (χ0v) is 13.7. The molecule has 122 valence electrons. The highest BCUT2D eigenvalue weighted by Gasteiger charge is 2.21. The van der Waals surface area contributed by atoms with Crippen LogP contribution in [0.5, 0.6) is 0 Å². The molecule has 0 spiro atoms. The summed E-state index contributed by atoms with van der Waals surface area (Å²) < 4.78 is 13.8. The van der Waals surface area contributed by atoms with Gasteiger partial charge in [-0.1, -0.05) is 26.0 Å². The highest BCUT2D eigenvalue weighted by Crippen LogP contribution is 2.19. The van der Waals surface area contributed by atoms with Gasteiger partial charge in [-0.3, -0.25) is 9.69 Å². The summed E-state index contributed by atoms with van der Waals surface area (Å²) in [6, 6.07) is 7.04. The summed E-state index contributed by atoms with van der Waals surface area (Å²) >= 11 is 0. The zero-order chi connectivity index (χ0) is 16.1. The maximum Gasteiger partial charge on any atom is 0.234 e. The smallest absolute Gasteiger partial charge is 0.234 e. The van der Waals surface area contributed by atoms with E-state index in [1.807, 2.05) is 24.0 Å². The van der Waals surface area contributed by atoms with Crippen molar-refractivity contribution in [3.05, 3.63) is 30.1 Å². The van der Waals surface area contributed by atoms with Crippen LogP contribution in [0.15, 0.2) is 24.3 Å². The Kier molecular flexibility index (Phi) is 5.77. The van der Waals surface area contributed by atoms with Gasteiger partial charge in [0.25, 0.3) is 0 Å². The van der Waals surface area contributed by atoms with Crippen LogP contribution in [0.1, 0.15) is 20.8 Å². The maximum atomic E-state index is 13.8. The van der Waals surface area contributed by atoms with Gasteiger partial charge in [-0.2, -0.15) is 0 Å². The van der Waals surface area contributed by atoms with E-state index in [4.69, 9.17) is 0 Å². The quantitative estimate of drug-likeness (QED) is 0.905. The minimum Gasteiger partial charge on any atom is -0.367 e. The molecule has 1 fully saturated rings. The number of hydrogen-bond donors (Lipinski definition) is 1. The molecule has 22 heavy (non-hydrogen) atoms. The van der Waals surface area contributed by atoms with Crippen molar-refractivity contribution in [2.24, 2.45) is 5.92 Å². The third-order valence-electron chi connectivity index (χ3n) is 4.32. The Morgan fingerprint density at radius 3 is 2.41 bits per heavy atom. The van der Waals surface area contributed by atoms with E-state index < -0.39 is 0 Å². The molecule has 0 aliphatic carbocycles. The molecule has 1 aromatic carbocycles. The molecule has 1 N–H and O–H groups in total. The number of benzene rings is 1. The van der Waals surface area contributed by atoms with Gasteiger partial charge in [-0.25, -0.2) is 4.39 Å². The van der Waals surface area contributed by atoms with Crippen molar-refractivity contribution in [2.45, 2.75) is 26.8 Å². The molecule has 1 amide bonds. The van der Waals surface area contributed by atoms with Gasteiger partial charge in [0, 0.05) is 32.2 Å². The lowest BCUT2D eigenvalue weighted by molar-refractivity contribution is -0.123. The predicted octanol–water partition coefficient (Wildman–Crippen LogP) is 2.11. The molecule has 5 heteroatoms. The number of rotatable bonds is 5. The summed E-state index contributed by atoms with van der Waals surface area (Å²) in [7, 11) is 0. The van der Waals surface area contributed by atoms with Crippen molar-refractivity contribution in [1.29, 1.82) is 0 Å². The zero-order valence-electron chi connectivity index (χ0n) is 13.7. The van der Waals surface area contributed by atoms with Crippen LogP contribution in [-0.2, 0) is 4.79 Å². The number of carbonyl (C=O) groups is 1. The number of para-hydroxylation sites is 1.